The first-order chi connectivity index (χ1) is 14.5. The molecule has 4 aliphatic carbocycles. The number of carbonyl (C=O) groups is 4. The normalized spacial score (nSPS) is 38.3. The zero-order valence-corrected chi connectivity index (χ0v) is 18.7. The van der Waals surface area contributed by atoms with Crippen LogP contribution >= 0.6 is 0 Å². The van der Waals surface area contributed by atoms with Gasteiger partial charge in [0.25, 0.3) is 0 Å². The molecular formula is C25H30O6. The molecule has 0 aromatic heterocycles. The van der Waals surface area contributed by atoms with Gasteiger partial charge < -0.3 is 9.47 Å². The second-order valence-electron chi connectivity index (χ2n) is 9.80. The molecule has 2 fully saturated rings. The van der Waals surface area contributed by atoms with Crippen molar-refractivity contribution < 1.29 is 28.7 Å². The molecule has 2 saturated carbocycles. The van der Waals surface area contributed by atoms with Crippen molar-refractivity contribution in [3.05, 3.63) is 35.5 Å². The molecule has 0 saturated heterocycles. The highest BCUT2D eigenvalue weighted by atomic mass is 16.6. The van der Waals surface area contributed by atoms with Crippen LogP contribution in [0.2, 0.25) is 0 Å². The summed E-state index contributed by atoms with van der Waals surface area (Å²) in [5, 5.41) is 0. The van der Waals surface area contributed by atoms with Crippen LogP contribution in [-0.4, -0.2) is 35.7 Å². The summed E-state index contributed by atoms with van der Waals surface area (Å²) in [4.78, 5) is 48.6. The Bertz CT molecular complexity index is 955. The first-order valence-corrected chi connectivity index (χ1v) is 11.0. The molecule has 0 amide bonds. The lowest BCUT2D eigenvalue weighted by Crippen LogP contribution is -2.57. The number of fused-ring (bicyclic) bond motifs is 5. The molecule has 0 heterocycles. The molecular weight excluding hydrogens is 396 g/mol. The molecule has 6 heteroatoms. The van der Waals surface area contributed by atoms with Crippen LogP contribution in [0.5, 0.6) is 0 Å². The lowest BCUT2D eigenvalue weighted by molar-refractivity contribution is -0.184. The van der Waals surface area contributed by atoms with Gasteiger partial charge in [-0.3, -0.25) is 19.2 Å². The van der Waals surface area contributed by atoms with Gasteiger partial charge in [-0.25, -0.2) is 0 Å². The minimum absolute atomic E-state index is 0.0398. The molecule has 4 rings (SSSR count). The van der Waals surface area contributed by atoms with Gasteiger partial charge >= 0.3 is 11.9 Å². The van der Waals surface area contributed by atoms with E-state index < -0.39 is 23.0 Å². The second kappa shape index (κ2) is 7.28. The average molecular weight is 427 g/mol. The standard InChI is InChI=1S/C25H30O6/c1-15(26)30-14-22(29)25(31-16(2)27)12-9-21-19-6-5-17-13-18(28)7-10-23(17,3)20(19)8-11-24(21,25)4/h7-8,10,13,19,21H,5-6,9,11-12,14H2,1-4H3/t19-,21+,23+,24+,25-/m1/s1. The van der Waals surface area contributed by atoms with E-state index in [9.17, 15) is 19.2 Å². The molecule has 0 bridgehead atoms. The van der Waals surface area contributed by atoms with Crippen LogP contribution in [0.15, 0.2) is 35.5 Å². The van der Waals surface area contributed by atoms with Crippen molar-refractivity contribution in [2.24, 2.45) is 22.7 Å². The summed E-state index contributed by atoms with van der Waals surface area (Å²) in [7, 11) is 0. The third-order valence-electron chi connectivity index (χ3n) is 8.24. The van der Waals surface area contributed by atoms with Gasteiger partial charge in [0, 0.05) is 24.7 Å². The molecule has 0 N–H and O–H groups in total. The van der Waals surface area contributed by atoms with Gasteiger partial charge in [0.05, 0.1) is 0 Å². The molecule has 0 aromatic rings. The Balaban J connectivity index is 1.74. The minimum Gasteiger partial charge on any atom is -0.458 e. The Morgan fingerprint density at radius 2 is 1.87 bits per heavy atom. The zero-order valence-electron chi connectivity index (χ0n) is 18.7. The molecule has 0 aromatic carbocycles. The Labute approximate surface area is 182 Å². The first-order valence-electron chi connectivity index (χ1n) is 11.0. The fraction of sp³-hybridized carbons (Fsp3) is 0.600. The molecule has 0 spiro atoms. The van der Waals surface area contributed by atoms with Gasteiger partial charge in [-0.2, -0.15) is 0 Å². The van der Waals surface area contributed by atoms with Crippen molar-refractivity contribution in [1.29, 1.82) is 0 Å². The van der Waals surface area contributed by atoms with Crippen molar-refractivity contribution in [2.45, 2.75) is 65.4 Å². The maximum absolute atomic E-state index is 13.3. The van der Waals surface area contributed by atoms with Crippen LogP contribution in [0.4, 0.5) is 0 Å². The number of allylic oxidation sites excluding steroid dienone is 6. The molecule has 166 valence electrons. The van der Waals surface area contributed by atoms with Crippen LogP contribution in [0.1, 0.15) is 59.8 Å². The number of hydrogen-bond donors (Lipinski definition) is 0. The van der Waals surface area contributed by atoms with E-state index in [0.29, 0.717) is 12.8 Å². The van der Waals surface area contributed by atoms with Crippen LogP contribution in [0, 0.1) is 22.7 Å². The van der Waals surface area contributed by atoms with E-state index in [1.165, 1.54) is 19.4 Å². The average Bonchev–Trinajstić information content (AvgIpc) is 2.99. The van der Waals surface area contributed by atoms with Gasteiger partial charge in [0.1, 0.15) is 0 Å². The Kier molecular flexibility index (Phi) is 5.10. The maximum atomic E-state index is 13.3. The van der Waals surface area contributed by atoms with E-state index >= 15 is 0 Å². The summed E-state index contributed by atoms with van der Waals surface area (Å²) in [6, 6.07) is 0. The van der Waals surface area contributed by atoms with Crippen molar-refractivity contribution in [1.82, 2.24) is 0 Å². The Morgan fingerprint density at radius 3 is 2.55 bits per heavy atom. The number of esters is 2. The highest BCUT2D eigenvalue weighted by Crippen LogP contribution is 2.66. The smallest absolute Gasteiger partial charge is 0.303 e. The number of rotatable bonds is 4. The Morgan fingerprint density at radius 1 is 1.13 bits per heavy atom. The van der Waals surface area contributed by atoms with Crippen molar-refractivity contribution >= 4 is 23.5 Å². The number of ketones is 2. The molecule has 4 aliphatic rings. The summed E-state index contributed by atoms with van der Waals surface area (Å²) < 4.78 is 10.8. The van der Waals surface area contributed by atoms with Gasteiger partial charge in [-0.1, -0.05) is 30.2 Å². The summed E-state index contributed by atoms with van der Waals surface area (Å²) in [5.74, 6) is -0.920. The number of carbonyl (C=O) groups excluding carboxylic acids is 4. The second-order valence-corrected chi connectivity index (χ2v) is 9.80. The SMILES string of the molecule is CC(=O)OCC(=O)[C@]1(OC(C)=O)CC[C@H]2[C@@H]3CCC4=CC(=O)C=C[C@]4(C)C3=CC[C@@]21C. The quantitative estimate of drug-likeness (QED) is 0.504. The fourth-order valence-electron chi connectivity index (χ4n) is 6.73. The first kappa shape index (κ1) is 21.7. The largest absolute Gasteiger partial charge is 0.458 e. The molecule has 0 unspecified atom stereocenters. The lowest BCUT2D eigenvalue weighted by Gasteiger charge is -2.54. The van der Waals surface area contributed by atoms with Crippen LogP contribution in [-0.2, 0) is 28.7 Å². The van der Waals surface area contributed by atoms with E-state index in [2.05, 4.69) is 13.0 Å². The number of Topliss-reactive ketones (excluding diaryl/α,β-unsaturated/α-hetero) is 1. The molecule has 31 heavy (non-hydrogen) atoms. The van der Waals surface area contributed by atoms with Crippen LogP contribution in [0.25, 0.3) is 0 Å². The monoisotopic (exact) mass is 426 g/mol. The Hall–Kier alpha value is -2.50. The third kappa shape index (κ3) is 3.14. The van der Waals surface area contributed by atoms with Crippen molar-refractivity contribution in [3.63, 3.8) is 0 Å². The minimum atomic E-state index is -1.30. The summed E-state index contributed by atoms with van der Waals surface area (Å²) in [6.07, 6.45) is 11.2. The van der Waals surface area contributed by atoms with E-state index in [0.717, 1.165) is 24.8 Å². The molecule has 0 radical (unpaired) electrons. The fourth-order valence-corrected chi connectivity index (χ4v) is 6.73. The van der Waals surface area contributed by atoms with E-state index in [1.54, 1.807) is 12.2 Å². The zero-order chi connectivity index (χ0) is 22.6. The van der Waals surface area contributed by atoms with Gasteiger partial charge in [0.2, 0.25) is 5.78 Å². The molecule has 6 nitrogen and oxygen atoms in total. The highest BCUT2D eigenvalue weighted by Gasteiger charge is 2.67. The van der Waals surface area contributed by atoms with E-state index in [4.69, 9.17) is 9.47 Å². The number of ether oxygens (including phenoxy) is 2. The summed E-state index contributed by atoms with van der Waals surface area (Å²) in [6.45, 7) is 6.41. The summed E-state index contributed by atoms with van der Waals surface area (Å²) >= 11 is 0. The van der Waals surface area contributed by atoms with Crippen molar-refractivity contribution in [3.8, 4) is 0 Å². The predicted octanol–water partition coefficient (Wildman–Crippen LogP) is 3.65. The van der Waals surface area contributed by atoms with Crippen LogP contribution < -0.4 is 0 Å². The maximum Gasteiger partial charge on any atom is 0.303 e. The summed E-state index contributed by atoms with van der Waals surface area (Å²) in [5.41, 5.74) is 0.322. The van der Waals surface area contributed by atoms with Crippen molar-refractivity contribution in [2.75, 3.05) is 6.61 Å². The van der Waals surface area contributed by atoms with E-state index in [-0.39, 0.29) is 35.4 Å². The van der Waals surface area contributed by atoms with Gasteiger partial charge in [-0.15, -0.1) is 0 Å². The van der Waals surface area contributed by atoms with Gasteiger partial charge in [0.15, 0.2) is 18.0 Å². The third-order valence-corrected chi connectivity index (χ3v) is 8.24. The lowest BCUT2D eigenvalue weighted by atomic mass is 9.51. The number of hydrogen-bond acceptors (Lipinski definition) is 6. The van der Waals surface area contributed by atoms with Crippen LogP contribution in [0.3, 0.4) is 0 Å². The topological polar surface area (TPSA) is 86.7 Å². The van der Waals surface area contributed by atoms with E-state index in [1.807, 2.05) is 13.0 Å². The van der Waals surface area contributed by atoms with Gasteiger partial charge in [-0.05, 0) is 63.0 Å². The highest BCUT2D eigenvalue weighted by molar-refractivity contribution is 6.01. The predicted molar refractivity (Wildman–Crippen MR) is 113 cm³/mol. The molecule has 0 aliphatic heterocycles. The molecule has 5 atom stereocenters.